The van der Waals surface area contributed by atoms with Gasteiger partial charge in [-0.15, -0.1) is 0 Å². The molecule has 0 unspecified atom stereocenters. The van der Waals surface area contributed by atoms with Gasteiger partial charge in [0.25, 0.3) is 5.69 Å². The first kappa shape index (κ1) is 20.3. The van der Waals surface area contributed by atoms with Crippen LogP contribution >= 0.6 is 0 Å². The third-order valence-electron chi connectivity index (χ3n) is 4.08. The van der Waals surface area contributed by atoms with E-state index in [1.165, 1.54) is 25.3 Å². The van der Waals surface area contributed by atoms with Crippen LogP contribution in [0.3, 0.4) is 0 Å². The molecule has 0 atom stereocenters. The Kier molecular flexibility index (Phi) is 7.21. The van der Waals surface area contributed by atoms with E-state index < -0.39 is 9.85 Å². The summed E-state index contributed by atoms with van der Waals surface area (Å²) >= 11 is 0. The second-order valence-corrected chi connectivity index (χ2v) is 6.04. The van der Waals surface area contributed by atoms with E-state index in [-0.39, 0.29) is 17.1 Å². The molecule has 9 nitrogen and oxygen atoms in total. The van der Waals surface area contributed by atoms with E-state index in [2.05, 4.69) is 4.90 Å². The molecule has 9 heteroatoms. The number of non-ortho nitro benzene ring substituents is 1. The molecule has 144 valence electrons. The predicted molar refractivity (Wildman–Crippen MR) is 101 cm³/mol. The van der Waals surface area contributed by atoms with Crippen LogP contribution in [0.4, 0.5) is 11.4 Å². The number of methoxy groups -OCH3 is 1. The normalized spacial score (nSPS) is 10.8. The molecular weight excluding hydrogens is 352 g/mol. The number of nitro groups is 2. The van der Waals surface area contributed by atoms with Gasteiger partial charge in [-0.2, -0.15) is 0 Å². The summed E-state index contributed by atoms with van der Waals surface area (Å²) in [7, 11) is 1.39. The Morgan fingerprint density at radius 1 is 1.00 bits per heavy atom. The number of benzene rings is 2. The van der Waals surface area contributed by atoms with Crippen molar-refractivity contribution in [2.75, 3.05) is 20.2 Å². The number of rotatable bonds is 10. The second kappa shape index (κ2) is 9.60. The van der Waals surface area contributed by atoms with Crippen LogP contribution in [0.15, 0.2) is 42.5 Å². The number of hydrogen-bond acceptors (Lipinski definition) is 7. The number of nitrogens with zero attached hydrogens (tertiary/aromatic N) is 3. The molecule has 0 aromatic heterocycles. The van der Waals surface area contributed by atoms with E-state index in [0.717, 1.165) is 17.5 Å². The van der Waals surface area contributed by atoms with Gasteiger partial charge in [-0.25, -0.2) is 0 Å². The maximum Gasteiger partial charge on any atom is 0.311 e. The highest BCUT2D eigenvalue weighted by atomic mass is 16.6. The first-order chi connectivity index (χ1) is 12.9. The van der Waals surface area contributed by atoms with E-state index in [1.807, 2.05) is 0 Å². The molecule has 2 rings (SSSR count). The number of nitrogens with two attached hydrogens (primary N) is 1. The Labute approximate surface area is 156 Å². The van der Waals surface area contributed by atoms with Crippen LogP contribution in [0, 0.1) is 20.2 Å². The van der Waals surface area contributed by atoms with Crippen LogP contribution in [0.5, 0.6) is 5.75 Å². The van der Waals surface area contributed by atoms with Crippen LogP contribution in [-0.2, 0) is 13.1 Å². The summed E-state index contributed by atoms with van der Waals surface area (Å²) in [6.45, 7) is 2.27. The molecule has 0 heterocycles. The van der Waals surface area contributed by atoms with Crippen molar-refractivity contribution in [2.45, 2.75) is 19.5 Å². The van der Waals surface area contributed by atoms with Crippen molar-refractivity contribution in [2.24, 2.45) is 5.73 Å². The van der Waals surface area contributed by atoms with E-state index in [0.29, 0.717) is 26.2 Å². The molecule has 0 spiro atoms. The van der Waals surface area contributed by atoms with Crippen molar-refractivity contribution in [3.8, 4) is 5.75 Å². The maximum absolute atomic E-state index is 11.2. The fourth-order valence-corrected chi connectivity index (χ4v) is 2.74. The lowest BCUT2D eigenvalue weighted by molar-refractivity contribution is -0.385. The molecule has 0 bridgehead atoms. The standard InChI is InChI=1S/C18H22N4O5/c1-27-18-8-5-15(11-17(18)22(25)26)13-20(10-2-9-19)12-14-3-6-16(7-4-14)21(23)24/h3-8,11H,2,9-10,12-13,19H2,1H3. The zero-order valence-electron chi connectivity index (χ0n) is 15.0. The van der Waals surface area contributed by atoms with Gasteiger partial charge < -0.3 is 10.5 Å². The highest BCUT2D eigenvalue weighted by Crippen LogP contribution is 2.28. The Hall–Kier alpha value is -3.04. The first-order valence-electron chi connectivity index (χ1n) is 8.41. The van der Waals surface area contributed by atoms with Gasteiger partial charge in [0.05, 0.1) is 17.0 Å². The van der Waals surface area contributed by atoms with Gasteiger partial charge in [0, 0.05) is 37.8 Å². The molecule has 0 saturated heterocycles. The van der Waals surface area contributed by atoms with Crippen LogP contribution in [-0.4, -0.2) is 34.9 Å². The first-order valence-corrected chi connectivity index (χ1v) is 8.41. The summed E-state index contributed by atoms with van der Waals surface area (Å²) in [6.07, 6.45) is 0.769. The average Bonchev–Trinajstić information content (AvgIpc) is 2.66. The van der Waals surface area contributed by atoms with E-state index >= 15 is 0 Å². The molecule has 0 fully saturated rings. The molecule has 0 radical (unpaired) electrons. The van der Waals surface area contributed by atoms with E-state index in [1.54, 1.807) is 24.3 Å². The summed E-state index contributed by atoms with van der Waals surface area (Å²) in [5.41, 5.74) is 7.27. The van der Waals surface area contributed by atoms with Gasteiger partial charge in [0.15, 0.2) is 5.75 Å². The molecule has 2 aromatic carbocycles. The van der Waals surface area contributed by atoms with Crippen molar-refractivity contribution < 1.29 is 14.6 Å². The quantitative estimate of drug-likeness (QED) is 0.500. The molecular formula is C18H22N4O5. The Bertz CT molecular complexity index is 795. The monoisotopic (exact) mass is 374 g/mol. The zero-order valence-corrected chi connectivity index (χ0v) is 15.0. The maximum atomic E-state index is 11.2. The summed E-state index contributed by atoms with van der Waals surface area (Å²) in [4.78, 5) is 23.2. The highest BCUT2D eigenvalue weighted by Gasteiger charge is 2.17. The van der Waals surface area contributed by atoms with E-state index in [4.69, 9.17) is 10.5 Å². The Balaban J connectivity index is 2.17. The summed E-state index contributed by atoms with van der Waals surface area (Å²) < 4.78 is 5.03. The molecule has 2 N–H and O–H groups in total. The van der Waals surface area contributed by atoms with Gasteiger partial charge in [-0.3, -0.25) is 25.1 Å². The topological polar surface area (TPSA) is 125 Å². The average molecular weight is 374 g/mol. The van der Waals surface area contributed by atoms with Crippen molar-refractivity contribution in [1.82, 2.24) is 4.90 Å². The lowest BCUT2D eigenvalue weighted by Gasteiger charge is -2.22. The third-order valence-corrected chi connectivity index (χ3v) is 4.08. The van der Waals surface area contributed by atoms with Crippen molar-refractivity contribution in [3.05, 3.63) is 73.8 Å². The fourth-order valence-electron chi connectivity index (χ4n) is 2.74. The summed E-state index contributed by atoms with van der Waals surface area (Å²) in [5, 5.41) is 22.0. The molecule has 0 aliphatic heterocycles. The molecule has 0 aliphatic carbocycles. The summed E-state index contributed by atoms with van der Waals surface area (Å²) in [5.74, 6) is 0.215. The smallest absolute Gasteiger partial charge is 0.311 e. The summed E-state index contributed by atoms with van der Waals surface area (Å²) in [6, 6.07) is 11.2. The number of hydrogen-bond donors (Lipinski definition) is 1. The minimum Gasteiger partial charge on any atom is -0.490 e. The fraction of sp³-hybridized carbons (Fsp3) is 0.333. The molecule has 0 saturated carbocycles. The van der Waals surface area contributed by atoms with Crippen molar-refractivity contribution >= 4 is 11.4 Å². The van der Waals surface area contributed by atoms with E-state index in [9.17, 15) is 20.2 Å². The van der Waals surface area contributed by atoms with Crippen LogP contribution in [0.1, 0.15) is 17.5 Å². The van der Waals surface area contributed by atoms with Gasteiger partial charge in [-0.1, -0.05) is 18.2 Å². The lowest BCUT2D eigenvalue weighted by atomic mass is 10.1. The number of ether oxygens (including phenoxy) is 1. The largest absolute Gasteiger partial charge is 0.490 e. The minimum atomic E-state index is -0.469. The van der Waals surface area contributed by atoms with Crippen LogP contribution in [0.2, 0.25) is 0 Å². The molecule has 0 aliphatic rings. The van der Waals surface area contributed by atoms with Gasteiger partial charge in [0.2, 0.25) is 0 Å². The second-order valence-electron chi connectivity index (χ2n) is 6.04. The van der Waals surface area contributed by atoms with Crippen molar-refractivity contribution in [3.63, 3.8) is 0 Å². The Morgan fingerprint density at radius 2 is 1.63 bits per heavy atom. The minimum absolute atomic E-state index is 0.0398. The third kappa shape index (κ3) is 5.73. The van der Waals surface area contributed by atoms with Crippen LogP contribution < -0.4 is 10.5 Å². The van der Waals surface area contributed by atoms with Gasteiger partial charge >= 0.3 is 5.69 Å². The van der Waals surface area contributed by atoms with Gasteiger partial charge in [0.1, 0.15) is 0 Å². The van der Waals surface area contributed by atoms with Crippen LogP contribution in [0.25, 0.3) is 0 Å². The Morgan fingerprint density at radius 3 is 2.19 bits per heavy atom. The lowest BCUT2D eigenvalue weighted by Crippen LogP contribution is -2.25. The molecule has 27 heavy (non-hydrogen) atoms. The van der Waals surface area contributed by atoms with Gasteiger partial charge in [-0.05, 0) is 30.2 Å². The molecule has 2 aromatic rings. The number of nitro benzene ring substituents is 2. The predicted octanol–water partition coefficient (Wildman–Crippen LogP) is 2.86. The van der Waals surface area contributed by atoms with Crippen molar-refractivity contribution in [1.29, 1.82) is 0 Å². The zero-order chi connectivity index (χ0) is 19.8. The highest BCUT2D eigenvalue weighted by molar-refractivity contribution is 5.48. The molecule has 0 amide bonds. The SMILES string of the molecule is COc1ccc(CN(CCCN)Cc2ccc([N+](=O)[O-])cc2)cc1[N+](=O)[O-].